The molecule has 1 amide bonds. The van der Waals surface area contributed by atoms with Crippen LogP contribution in [-0.2, 0) is 14.8 Å². The summed E-state index contributed by atoms with van der Waals surface area (Å²) in [5.74, 6) is 0.0353. The Morgan fingerprint density at radius 3 is 2.23 bits per heavy atom. The second-order valence-electron chi connectivity index (χ2n) is 6.99. The number of carbonyl (C=O) groups excluding carboxylic acids is 1. The third-order valence-corrected chi connectivity index (χ3v) is 6.73. The fourth-order valence-electron chi connectivity index (χ4n) is 2.99. The molecular weight excluding hydrogens is 414 g/mol. The van der Waals surface area contributed by atoms with E-state index in [1.807, 2.05) is 50.2 Å². The summed E-state index contributed by atoms with van der Waals surface area (Å²) in [6.07, 6.45) is 3.11. The Hall–Kier alpha value is -2.84. The third kappa shape index (κ3) is 6.32. The molecule has 0 saturated heterocycles. The molecule has 0 aromatic heterocycles. The van der Waals surface area contributed by atoms with Crippen LogP contribution in [-0.4, -0.2) is 52.4 Å². The smallest absolute Gasteiger partial charge is 0.248 e. The van der Waals surface area contributed by atoms with E-state index in [2.05, 4.69) is 5.32 Å². The number of hydrogen-bond acceptors (Lipinski definition) is 5. The summed E-state index contributed by atoms with van der Waals surface area (Å²) in [6, 6.07) is 12.3. The highest BCUT2D eigenvalue weighted by Gasteiger charge is 2.23. The zero-order valence-corrected chi connectivity index (χ0v) is 19.6. The Kier molecular flexibility index (Phi) is 8.65. The number of nitrogens with zero attached hydrogens (tertiary/aromatic N) is 2. The van der Waals surface area contributed by atoms with Crippen LogP contribution < -0.4 is 15.0 Å². The van der Waals surface area contributed by atoms with Crippen LogP contribution in [0.15, 0.2) is 53.4 Å². The lowest BCUT2D eigenvalue weighted by atomic mass is 10.2. The lowest BCUT2D eigenvalue weighted by molar-refractivity contribution is -0.111. The largest absolute Gasteiger partial charge is 0.492 e. The molecule has 8 heteroatoms. The third-order valence-electron chi connectivity index (χ3n) is 4.69. The van der Waals surface area contributed by atoms with Crippen LogP contribution in [0.2, 0.25) is 0 Å². The first-order valence-corrected chi connectivity index (χ1v) is 11.7. The number of rotatable bonds is 10. The van der Waals surface area contributed by atoms with Crippen molar-refractivity contribution < 1.29 is 17.9 Å². The van der Waals surface area contributed by atoms with E-state index in [-0.39, 0.29) is 10.8 Å². The maximum absolute atomic E-state index is 12.8. The van der Waals surface area contributed by atoms with E-state index in [0.29, 0.717) is 31.1 Å². The maximum Gasteiger partial charge on any atom is 0.248 e. The van der Waals surface area contributed by atoms with Gasteiger partial charge in [-0.1, -0.05) is 26.0 Å². The van der Waals surface area contributed by atoms with Gasteiger partial charge in [-0.05, 0) is 48.9 Å². The number of carbonyl (C=O) groups is 1. The summed E-state index contributed by atoms with van der Waals surface area (Å²) in [7, 11) is 0.269. The predicted octanol–water partition coefficient (Wildman–Crippen LogP) is 3.83. The van der Waals surface area contributed by atoms with Gasteiger partial charge in [-0.15, -0.1) is 0 Å². The first kappa shape index (κ1) is 24.4. The Bertz CT molecular complexity index is 1010. The van der Waals surface area contributed by atoms with Crippen molar-refractivity contribution in [3.8, 4) is 5.75 Å². The van der Waals surface area contributed by atoms with Gasteiger partial charge >= 0.3 is 0 Å². The Morgan fingerprint density at radius 1 is 1.03 bits per heavy atom. The molecule has 0 aliphatic carbocycles. The lowest BCUT2D eigenvalue weighted by Crippen LogP contribution is -2.30. The Morgan fingerprint density at radius 2 is 1.68 bits per heavy atom. The maximum atomic E-state index is 12.8. The summed E-state index contributed by atoms with van der Waals surface area (Å²) in [4.78, 5) is 14.6. The highest BCUT2D eigenvalue weighted by molar-refractivity contribution is 7.89. The predicted molar refractivity (Wildman–Crippen MR) is 126 cm³/mol. The summed E-state index contributed by atoms with van der Waals surface area (Å²) >= 11 is 0. The minimum atomic E-state index is -3.65. The summed E-state index contributed by atoms with van der Waals surface area (Å²) in [6.45, 7) is 6.51. The van der Waals surface area contributed by atoms with Crippen LogP contribution in [0.5, 0.6) is 5.75 Å². The zero-order valence-electron chi connectivity index (χ0n) is 18.8. The normalized spacial score (nSPS) is 11.7. The van der Waals surface area contributed by atoms with Crippen molar-refractivity contribution in [2.24, 2.45) is 0 Å². The van der Waals surface area contributed by atoms with E-state index >= 15 is 0 Å². The van der Waals surface area contributed by atoms with Gasteiger partial charge in [0.05, 0.1) is 17.2 Å². The molecule has 0 saturated carbocycles. The van der Waals surface area contributed by atoms with Crippen molar-refractivity contribution in [2.75, 3.05) is 44.0 Å². The van der Waals surface area contributed by atoms with Crippen LogP contribution in [0.4, 0.5) is 11.4 Å². The number of sulfonamides is 1. The van der Waals surface area contributed by atoms with Crippen LogP contribution in [0.1, 0.15) is 26.3 Å². The van der Waals surface area contributed by atoms with E-state index in [1.54, 1.807) is 26.0 Å². The second-order valence-corrected chi connectivity index (χ2v) is 8.93. The van der Waals surface area contributed by atoms with Crippen LogP contribution in [0.25, 0.3) is 6.08 Å². The monoisotopic (exact) mass is 445 g/mol. The zero-order chi connectivity index (χ0) is 23.0. The summed E-state index contributed by atoms with van der Waals surface area (Å²) in [5.41, 5.74) is 2.26. The molecule has 0 radical (unpaired) electrons. The molecule has 31 heavy (non-hydrogen) atoms. The molecule has 0 aliphatic rings. The number of ether oxygens (including phenoxy) is 1. The van der Waals surface area contributed by atoms with Gasteiger partial charge in [0.2, 0.25) is 15.9 Å². The van der Waals surface area contributed by atoms with E-state index in [1.165, 1.54) is 22.5 Å². The molecule has 1 N–H and O–H groups in total. The standard InChI is InChI=1S/C23H31N3O4S/c1-6-26(7-2)31(28,29)20-14-15-22(30-8-3)21(17-20)24-23(27)16-11-18-9-12-19(13-10-18)25(4)5/h9-17H,6-8H2,1-5H3,(H,24,27)/b16-11+. The van der Waals surface area contributed by atoms with Gasteiger partial charge in [0, 0.05) is 38.9 Å². The Balaban J connectivity index is 2.26. The average Bonchev–Trinajstić information content (AvgIpc) is 2.74. The SMILES string of the molecule is CCOc1ccc(S(=O)(=O)N(CC)CC)cc1NC(=O)/C=C/c1ccc(N(C)C)cc1. The molecule has 0 heterocycles. The van der Waals surface area contributed by atoms with Gasteiger partial charge in [0.15, 0.2) is 0 Å². The van der Waals surface area contributed by atoms with Crippen LogP contribution >= 0.6 is 0 Å². The molecule has 0 bridgehead atoms. The van der Waals surface area contributed by atoms with Gasteiger partial charge < -0.3 is 15.0 Å². The average molecular weight is 446 g/mol. The molecule has 2 rings (SSSR count). The Labute approximate surface area is 185 Å². The van der Waals surface area contributed by atoms with E-state index < -0.39 is 10.0 Å². The number of benzene rings is 2. The topological polar surface area (TPSA) is 79.0 Å². The fourth-order valence-corrected chi connectivity index (χ4v) is 4.48. The number of amides is 1. The molecule has 0 atom stereocenters. The van der Waals surface area contributed by atoms with Crippen molar-refractivity contribution in [3.63, 3.8) is 0 Å². The van der Waals surface area contributed by atoms with Gasteiger partial charge in [-0.3, -0.25) is 4.79 Å². The fraction of sp³-hybridized carbons (Fsp3) is 0.348. The van der Waals surface area contributed by atoms with Crippen molar-refractivity contribution >= 4 is 33.4 Å². The van der Waals surface area contributed by atoms with Gasteiger partial charge in [0.25, 0.3) is 0 Å². The van der Waals surface area contributed by atoms with Crippen LogP contribution in [0.3, 0.4) is 0 Å². The lowest BCUT2D eigenvalue weighted by Gasteiger charge is -2.19. The van der Waals surface area contributed by atoms with Crippen LogP contribution in [0, 0.1) is 0 Å². The summed E-state index contributed by atoms with van der Waals surface area (Å²) < 4.78 is 32.6. The quantitative estimate of drug-likeness (QED) is 0.562. The van der Waals surface area contributed by atoms with Gasteiger partial charge in [0.1, 0.15) is 5.75 Å². The molecular formula is C23H31N3O4S. The molecule has 0 unspecified atom stereocenters. The molecule has 168 valence electrons. The number of anilines is 2. The van der Waals surface area contributed by atoms with Crippen molar-refractivity contribution in [3.05, 3.63) is 54.1 Å². The summed E-state index contributed by atoms with van der Waals surface area (Å²) in [5, 5.41) is 2.74. The highest BCUT2D eigenvalue weighted by atomic mass is 32.2. The number of nitrogens with one attached hydrogen (secondary N) is 1. The number of hydrogen-bond donors (Lipinski definition) is 1. The van der Waals surface area contributed by atoms with Gasteiger partial charge in [-0.2, -0.15) is 4.31 Å². The van der Waals surface area contributed by atoms with E-state index in [4.69, 9.17) is 4.74 Å². The molecule has 7 nitrogen and oxygen atoms in total. The van der Waals surface area contributed by atoms with E-state index in [0.717, 1.165) is 11.3 Å². The second kappa shape index (κ2) is 11.0. The molecule has 0 fully saturated rings. The van der Waals surface area contributed by atoms with Crippen molar-refractivity contribution in [1.82, 2.24) is 4.31 Å². The van der Waals surface area contributed by atoms with E-state index in [9.17, 15) is 13.2 Å². The highest BCUT2D eigenvalue weighted by Crippen LogP contribution is 2.29. The van der Waals surface area contributed by atoms with Crippen molar-refractivity contribution in [2.45, 2.75) is 25.7 Å². The molecule has 0 aliphatic heterocycles. The molecule has 2 aromatic rings. The minimum absolute atomic E-state index is 0.109. The first-order valence-electron chi connectivity index (χ1n) is 10.3. The molecule has 2 aromatic carbocycles. The molecule has 0 spiro atoms. The van der Waals surface area contributed by atoms with Crippen molar-refractivity contribution in [1.29, 1.82) is 0 Å². The minimum Gasteiger partial charge on any atom is -0.492 e. The van der Waals surface area contributed by atoms with Gasteiger partial charge in [-0.25, -0.2) is 8.42 Å². The first-order chi connectivity index (χ1) is 14.7.